The van der Waals surface area contributed by atoms with Gasteiger partial charge in [0.2, 0.25) is 0 Å². The molecule has 0 unspecified atom stereocenters. The van der Waals surface area contributed by atoms with Crippen LogP contribution in [0.5, 0.6) is 5.75 Å². The molecule has 3 aromatic carbocycles. The number of allylic oxidation sites excluding steroid dienone is 2. The van der Waals surface area contributed by atoms with Crippen molar-refractivity contribution in [3.8, 4) is 16.9 Å². The summed E-state index contributed by atoms with van der Waals surface area (Å²) in [6, 6.07) is 20.9. The van der Waals surface area contributed by atoms with Gasteiger partial charge in [-0.1, -0.05) is 72.8 Å². The second-order valence-electron chi connectivity index (χ2n) is 9.44. The highest BCUT2D eigenvalue weighted by atomic mass is 16.6. The standard InChI is InChI=1S/C30H27NO5/c1-2-35-26-16-8-15-23-22-13-7-14-24(22)28(29(32)33)31(27(23)26)30(34)36-17-25-20-11-5-3-9-18(20)19-10-4-6-12-21(19)25/h3-13,15-16,22,24-25,28H,2,14,17H2,1H3,(H,32,33)/t22-,24-,28+/m0/s1. The molecule has 36 heavy (non-hydrogen) atoms. The van der Waals surface area contributed by atoms with Crippen molar-refractivity contribution < 1.29 is 24.2 Å². The molecule has 1 amide bonds. The van der Waals surface area contributed by atoms with Crippen LogP contribution in [0.4, 0.5) is 10.5 Å². The quantitative estimate of drug-likeness (QED) is 0.455. The van der Waals surface area contributed by atoms with Crippen LogP contribution < -0.4 is 9.64 Å². The molecule has 6 rings (SSSR count). The van der Waals surface area contributed by atoms with Gasteiger partial charge in [-0.3, -0.25) is 4.90 Å². The van der Waals surface area contributed by atoms with E-state index < -0.39 is 18.1 Å². The number of carboxylic acids is 1. The summed E-state index contributed by atoms with van der Waals surface area (Å²) in [5.74, 6) is -1.00. The Morgan fingerprint density at radius 1 is 0.944 bits per heavy atom. The largest absolute Gasteiger partial charge is 0.492 e. The molecule has 0 bridgehead atoms. The number of carboxylic acid groups (broad SMARTS) is 1. The van der Waals surface area contributed by atoms with Crippen LogP contribution in [0.2, 0.25) is 0 Å². The highest BCUT2D eigenvalue weighted by Gasteiger charge is 2.49. The molecule has 0 saturated heterocycles. The van der Waals surface area contributed by atoms with Crippen molar-refractivity contribution in [2.45, 2.75) is 31.2 Å². The van der Waals surface area contributed by atoms with Crippen molar-refractivity contribution in [2.75, 3.05) is 18.1 Å². The lowest BCUT2D eigenvalue weighted by atomic mass is 9.78. The van der Waals surface area contributed by atoms with E-state index in [-0.39, 0.29) is 24.4 Å². The van der Waals surface area contributed by atoms with Gasteiger partial charge in [0, 0.05) is 17.8 Å². The van der Waals surface area contributed by atoms with Crippen molar-refractivity contribution in [1.82, 2.24) is 0 Å². The molecule has 1 N–H and O–H groups in total. The highest BCUT2D eigenvalue weighted by molar-refractivity contribution is 5.99. The van der Waals surface area contributed by atoms with Gasteiger partial charge in [0.25, 0.3) is 0 Å². The summed E-state index contributed by atoms with van der Waals surface area (Å²) < 4.78 is 11.8. The third kappa shape index (κ3) is 3.40. The molecule has 0 spiro atoms. The summed E-state index contributed by atoms with van der Waals surface area (Å²) >= 11 is 0. The first kappa shape index (κ1) is 22.4. The van der Waals surface area contributed by atoms with Gasteiger partial charge in [-0.15, -0.1) is 0 Å². The topological polar surface area (TPSA) is 76.1 Å². The number of amides is 1. The van der Waals surface area contributed by atoms with E-state index in [1.165, 1.54) is 4.90 Å². The third-order valence-corrected chi connectivity index (χ3v) is 7.61. The number of carbonyl (C=O) groups is 2. The van der Waals surface area contributed by atoms with Crippen LogP contribution in [0.15, 0.2) is 78.9 Å². The van der Waals surface area contributed by atoms with Crippen molar-refractivity contribution in [2.24, 2.45) is 5.92 Å². The van der Waals surface area contributed by atoms with Gasteiger partial charge in [0.05, 0.1) is 12.3 Å². The van der Waals surface area contributed by atoms with Gasteiger partial charge >= 0.3 is 12.1 Å². The van der Waals surface area contributed by atoms with Gasteiger partial charge in [-0.05, 0) is 47.2 Å². The molecule has 182 valence electrons. The monoisotopic (exact) mass is 481 g/mol. The molecule has 1 heterocycles. The fourth-order valence-corrected chi connectivity index (χ4v) is 6.16. The zero-order valence-electron chi connectivity index (χ0n) is 20.0. The van der Waals surface area contributed by atoms with Gasteiger partial charge in [0.1, 0.15) is 18.4 Å². The summed E-state index contributed by atoms with van der Waals surface area (Å²) in [7, 11) is 0. The number of fused-ring (bicyclic) bond motifs is 6. The molecule has 0 aromatic heterocycles. The van der Waals surface area contributed by atoms with Crippen LogP contribution in [0.25, 0.3) is 11.1 Å². The third-order valence-electron chi connectivity index (χ3n) is 7.61. The van der Waals surface area contributed by atoms with E-state index in [4.69, 9.17) is 9.47 Å². The number of anilines is 1. The van der Waals surface area contributed by atoms with Crippen LogP contribution in [-0.4, -0.2) is 36.4 Å². The Bertz CT molecular complexity index is 1330. The maximum absolute atomic E-state index is 13.8. The van der Waals surface area contributed by atoms with Gasteiger partial charge in [-0.25, -0.2) is 9.59 Å². The van der Waals surface area contributed by atoms with E-state index in [0.717, 1.165) is 27.8 Å². The van der Waals surface area contributed by atoms with E-state index in [2.05, 4.69) is 24.3 Å². The van der Waals surface area contributed by atoms with Crippen molar-refractivity contribution in [1.29, 1.82) is 0 Å². The van der Waals surface area contributed by atoms with E-state index >= 15 is 0 Å². The number of aliphatic carboxylic acids is 1. The molecule has 1 aliphatic heterocycles. The minimum absolute atomic E-state index is 0.0841. The van der Waals surface area contributed by atoms with Gasteiger partial charge in [0.15, 0.2) is 0 Å². The zero-order valence-corrected chi connectivity index (χ0v) is 20.0. The lowest BCUT2D eigenvalue weighted by Gasteiger charge is -2.41. The van der Waals surface area contributed by atoms with Crippen LogP contribution in [0, 0.1) is 5.92 Å². The summed E-state index contributed by atoms with van der Waals surface area (Å²) in [4.78, 5) is 27.6. The first-order valence-corrected chi connectivity index (χ1v) is 12.4. The SMILES string of the molecule is CCOc1cccc2c1N(C(=O)OCC1c3ccccc3-c3ccccc31)[C@@H](C(=O)O)[C@H]1CC=C[C@@H]21. The maximum Gasteiger partial charge on any atom is 0.415 e. The predicted molar refractivity (Wildman–Crippen MR) is 137 cm³/mol. The van der Waals surface area contributed by atoms with E-state index in [9.17, 15) is 14.7 Å². The van der Waals surface area contributed by atoms with Gasteiger partial charge in [-0.2, -0.15) is 0 Å². The van der Waals surface area contributed by atoms with E-state index in [1.54, 1.807) is 6.07 Å². The number of nitrogens with zero attached hydrogens (tertiary/aromatic N) is 1. The molecule has 0 fully saturated rings. The Labute approximate surface area is 209 Å². The Kier molecular flexibility index (Phi) is 5.52. The molecule has 3 aromatic rings. The lowest BCUT2D eigenvalue weighted by molar-refractivity contribution is -0.140. The molecule has 0 saturated carbocycles. The molecule has 6 heteroatoms. The average molecular weight is 482 g/mol. The van der Waals surface area contributed by atoms with Crippen LogP contribution >= 0.6 is 0 Å². The van der Waals surface area contributed by atoms with Crippen LogP contribution in [-0.2, 0) is 9.53 Å². The second kappa shape index (κ2) is 8.86. The summed E-state index contributed by atoms with van der Waals surface area (Å²) in [5.41, 5.74) is 5.88. The van der Waals surface area contributed by atoms with Crippen LogP contribution in [0.3, 0.4) is 0 Å². The average Bonchev–Trinajstić information content (AvgIpc) is 3.50. The number of carbonyl (C=O) groups excluding carboxylic acids is 1. The molecular weight excluding hydrogens is 454 g/mol. The zero-order chi connectivity index (χ0) is 24.8. The lowest BCUT2D eigenvalue weighted by Crippen LogP contribution is -2.53. The Hall–Kier alpha value is -4.06. The minimum Gasteiger partial charge on any atom is -0.492 e. The Morgan fingerprint density at radius 3 is 2.28 bits per heavy atom. The second-order valence-corrected chi connectivity index (χ2v) is 9.44. The minimum atomic E-state index is -1.05. The Morgan fingerprint density at radius 2 is 1.61 bits per heavy atom. The molecule has 3 atom stereocenters. The summed E-state index contributed by atoms with van der Waals surface area (Å²) in [6.07, 6.45) is 3.98. The van der Waals surface area contributed by atoms with Crippen molar-refractivity contribution in [3.63, 3.8) is 0 Å². The highest BCUT2D eigenvalue weighted by Crippen LogP contribution is 2.51. The molecule has 2 aliphatic carbocycles. The number of benzene rings is 3. The predicted octanol–water partition coefficient (Wildman–Crippen LogP) is 5.97. The van der Waals surface area contributed by atoms with Crippen molar-refractivity contribution >= 4 is 17.7 Å². The molecule has 6 nitrogen and oxygen atoms in total. The fourth-order valence-electron chi connectivity index (χ4n) is 6.16. The fraction of sp³-hybridized carbons (Fsp3) is 0.267. The van der Waals surface area contributed by atoms with Crippen molar-refractivity contribution in [3.05, 3.63) is 95.6 Å². The maximum atomic E-state index is 13.8. The molecule has 3 aliphatic rings. The summed E-state index contributed by atoms with van der Waals surface area (Å²) in [5, 5.41) is 10.3. The number of ether oxygens (including phenoxy) is 2. The summed E-state index contributed by atoms with van der Waals surface area (Å²) in [6.45, 7) is 2.39. The van der Waals surface area contributed by atoms with Gasteiger partial charge < -0.3 is 14.6 Å². The number of hydrogen-bond acceptors (Lipinski definition) is 4. The number of rotatable bonds is 5. The first-order valence-electron chi connectivity index (χ1n) is 12.4. The van der Waals surface area contributed by atoms with E-state index in [0.29, 0.717) is 24.5 Å². The van der Waals surface area contributed by atoms with E-state index in [1.807, 2.05) is 55.5 Å². The number of hydrogen-bond donors (Lipinski definition) is 1. The first-order chi connectivity index (χ1) is 17.6. The molecular formula is C30H27NO5. The Balaban J connectivity index is 1.37. The number of para-hydroxylation sites is 1. The smallest absolute Gasteiger partial charge is 0.415 e. The van der Waals surface area contributed by atoms with Crippen LogP contribution in [0.1, 0.15) is 41.9 Å². The molecule has 0 radical (unpaired) electrons. The normalized spacial score (nSPS) is 21.4.